The molecule has 0 fully saturated rings. The second-order valence-electron chi connectivity index (χ2n) is 6.45. The van der Waals surface area contributed by atoms with Crippen LogP contribution in [0.1, 0.15) is 25.3 Å². The number of ether oxygens (including phenoxy) is 2. The highest BCUT2D eigenvalue weighted by molar-refractivity contribution is 6.00. The Hall–Kier alpha value is -3.18. The zero-order valence-electron chi connectivity index (χ0n) is 16.7. The molecule has 0 atom stereocenters. The van der Waals surface area contributed by atoms with E-state index in [0.29, 0.717) is 6.07 Å². The Kier molecular flexibility index (Phi) is 6.62. The van der Waals surface area contributed by atoms with Gasteiger partial charge in [-0.3, -0.25) is 0 Å². The van der Waals surface area contributed by atoms with E-state index in [0.717, 1.165) is 26.4 Å². The Balaban J connectivity index is 2.91. The van der Waals surface area contributed by atoms with Crippen molar-refractivity contribution in [1.82, 2.24) is 5.32 Å². The molecule has 170 valence electrons. The molecule has 1 aromatic rings. The van der Waals surface area contributed by atoms with Gasteiger partial charge in [0.2, 0.25) is 0 Å². The van der Waals surface area contributed by atoms with Crippen LogP contribution in [0.5, 0.6) is 0 Å². The first kappa shape index (κ1) is 24.1. The molecule has 0 aromatic heterocycles. The van der Waals surface area contributed by atoms with E-state index in [9.17, 15) is 35.9 Å². The minimum atomic E-state index is -5.84. The van der Waals surface area contributed by atoms with Crippen LogP contribution < -0.4 is 10.2 Å². The highest BCUT2D eigenvalue weighted by Gasteiger charge is 2.55. The van der Waals surface area contributed by atoms with Crippen LogP contribution in [0, 0.1) is 0 Å². The lowest BCUT2D eigenvalue weighted by Gasteiger charge is -2.35. The molecule has 6 nitrogen and oxygen atoms in total. The molecule has 0 saturated carbocycles. The number of nitrogens with zero attached hydrogens (tertiary/aromatic N) is 1. The summed E-state index contributed by atoms with van der Waals surface area (Å²) in [6.07, 6.45) is -11.7. The molecule has 0 unspecified atom stereocenters. The molecule has 0 bridgehead atoms. The van der Waals surface area contributed by atoms with Crippen molar-refractivity contribution >= 4 is 17.6 Å². The van der Waals surface area contributed by atoms with Gasteiger partial charge in [-0.05, 0) is 25.5 Å². The first-order valence-electron chi connectivity index (χ1n) is 8.63. The molecule has 1 aliphatic heterocycles. The third kappa shape index (κ3) is 4.62. The largest absolute Gasteiger partial charge is 0.491 e. The Morgan fingerprint density at radius 2 is 1.29 bits per heavy atom. The fourth-order valence-corrected chi connectivity index (χ4v) is 3.42. The number of hydrogen-bond acceptors (Lipinski definition) is 6. The van der Waals surface area contributed by atoms with Crippen molar-refractivity contribution in [3.63, 3.8) is 0 Å². The summed E-state index contributed by atoms with van der Waals surface area (Å²) < 4.78 is 89.9. The van der Waals surface area contributed by atoms with Crippen LogP contribution in [0.4, 0.5) is 32.0 Å². The van der Waals surface area contributed by atoms with Gasteiger partial charge in [-0.15, -0.1) is 26.3 Å². The maximum Gasteiger partial charge on any atom is 0.491 e. The molecule has 31 heavy (non-hydrogen) atoms. The summed E-state index contributed by atoms with van der Waals surface area (Å²) in [5.41, 5.74) is -2.34. The highest BCUT2D eigenvalue weighted by Crippen LogP contribution is 2.47. The first-order chi connectivity index (χ1) is 14.3. The number of para-hydroxylation sites is 1. The fourth-order valence-electron chi connectivity index (χ4n) is 3.42. The minimum Gasteiger partial charge on any atom is -0.466 e. The lowest BCUT2D eigenvalue weighted by atomic mass is 9.79. The number of benzene rings is 1. The van der Waals surface area contributed by atoms with Crippen LogP contribution in [0.3, 0.4) is 0 Å². The summed E-state index contributed by atoms with van der Waals surface area (Å²) in [6, 6.07) is 3.75. The van der Waals surface area contributed by atoms with Crippen molar-refractivity contribution in [2.24, 2.45) is 0 Å². The average molecular weight is 452 g/mol. The van der Waals surface area contributed by atoms with Crippen LogP contribution in [-0.4, -0.2) is 38.8 Å². The lowest BCUT2D eigenvalue weighted by Crippen LogP contribution is -2.49. The molecule has 0 aliphatic carbocycles. The topological polar surface area (TPSA) is 67.9 Å². The van der Waals surface area contributed by atoms with Crippen LogP contribution in [0.2, 0.25) is 0 Å². The Morgan fingerprint density at radius 3 is 1.68 bits per heavy atom. The summed E-state index contributed by atoms with van der Waals surface area (Å²) in [6.45, 7) is 2.76. The second kappa shape index (κ2) is 8.52. The van der Waals surface area contributed by atoms with Gasteiger partial charge in [0, 0.05) is 11.4 Å². The molecule has 0 saturated heterocycles. The fraction of sp³-hybridized carbons (Fsp3) is 0.368. The summed E-state index contributed by atoms with van der Waals surface area (Å²) >= 11 is 0. The smallest absolute Gasteiger partial charge is 0.466 e. The van der Waals surface area contributed by atoms with E-state index in [1.807, 2.05) is 0 Å². The molecule has 0 spiro atoms. The number of hydrogen-bond donors (Lipinski definition) is 1. The second-order valence-corrected chi connectivity index (χ2v) is 6.45. The van der Waals surface area contributed by atoms with E-state index >= 15 is 0 Å². The van der Waals surface area contributed by atoms with Crippen LogP contribution in [-0.2, 0) is 19.1 Å². The van der Waals surface area contributed by atoms with Crippen molar-refractivity contribution < 1.29 is 45.4 Å². The van der Waals surface area contributed by atoms with Crippen molar-refractivity contribution in [1.29, 1.82) is 0 Å². The Bertz CT molecular complexity index is 897. The predicted octanol–water partition coefficient (Wildman–Crippen LogP) is 4.11. The number of nitrogens with one attached hydrogen (secondary N) is 1. The number of carbonyl (C=O) groups is 2. The third-order valence-corrected chi connectivity index (χ3v) is 4.57. The summed E-state index contributed by atoms with van der Waals surface area (Å²) in [4.78, 5) is 23.2. The van der Waals surface area contributed by atoms with Crippen molar-refractivity contribution in [3.05, 3.63) is 52.4 Å². The van der Waals surface area contributed by atoms with Gasteiger partial charge < -0.3 is 14.8 Å². The van der Waals surface area contributed by atoms with Gasteiger partial charge in [0.05, 0.1) is 37.0 Å². The minimum absolute atomic E-state index is 0.0994. The van der Waals surface area contributed by atoms with Gasteiger partial charge in [0.1, 0.15) is 0 Å². The van der Waals surface area contributed by atoms with Crippen LogP contribution in [0.25, 0.3) is 0 Å². The van der Waals surface area contributed by atoms with Crippen molar-refractivity contribution in [2.45, 2.75) is 32.4 Å². The highest BCUT2D eigenvalue weighted by atomic mass is 19.4. The standard InChI is InChI=1S/C19H18F6N2O4/c1-9-13(16(28)30-3)15(14(10(2)26-9)17(29)31-4)11-7-5-6-8-12(11)27(18(20,21)22)19(23,24)25/h5-8,15,26H,1-4H3. The molecule has 2 rings (SSSR count). The molecule has 1 aromatic carbocycles. The average Bonchev–Trinajstić information content (AvgIpc) is 2.64. The van der Waals surface area contributed by atoms with E-state index in [1.54, 1.807) is 0 Å². The number of dihydropyridines is 1. The zero-order valence-corrected chi connectivity index (χ0v) is 16.7. The number of halogens is 6. The maximum absolute atomic E-state index is 13.4. The van der Waals surface area contributed by atoms with E-state index in [2.05, 4.69) is 14.8 Å². The number of rotatable bonds is 4. The van der Waals surface area contributed by atoms with Crippen LogP contribution in [0.15, 0.2) is 46.8 Å². The number of alkyl halides is 6. The number of allylic oxidation sites excluding steroid dienone is 2. The zero-order chi connectivity index (χ0) is 23.7. The molecule has 1 heterocycles. The van der Waals surface area contributed by atoms with Gasteiger partial charge in [0.15, 0.2) is 0 Å². The molecule has 12 heteroatoms. The predicted molar refractivity (Wildman–Crippen MR) is 96.3 cm³/mol. The van der Waals surface area contributed by atoms with E-state index < -0.39 is 46.6 Å². The monoisotopic (exact) mass is 452 g/mol. The van der Waals surface area contributed by atoms with Crippen molar-refractivity contribution in [2.75, 3.05) is 19.1 Å². The van der Waals surface area contributed by atoms with Gasteiger partial charge in [-0.25, -0.2) is 9.59 Å². The maximum atomic E-state index is 13.4. The van der Waals surface area contributed by atoms with Gasteiger partial charge in [-0.1, -0.05) is 18.2 Å². The SMILES string of the molecule is COC(=O)C1=C(C)NC(C)=C(C(=O)OC)C1c1ccccc1N(C(F)(F)F)C(F)(F)F. The summed E-state index contributed by atoms with van der Waals surface area (Å²) in [7, 11) is 1.98. The first-order valence-corrected chi connectivity index (χ1v) is 8.63. The molecule has 1 aliphatic rings. The normalized spacial score (nSPS) is 15.5. The molecule has 1 N–H and O–H groups in total. The van der Waals surface area contributed by atoms with E-state index in [4.69, 9.17) is 0 Å². The molecule has 0 radical (unpaired) electrons. The third-order valence-electron chi connectivity index (χ3n) is 4.57. The number of anilines is 1. The van der Waals surface area contributed by atoms with Crippen LogP contribution >= 0.6 is 0 Å². The number of esters is 2. The lowest BCUT2D eigenvalue weighted by molar-refractivity contribution is -0.227. The molecule has 0 amide bonds. The van der Waals surface area contributed by atoms with Gasteiger partial charge in [-0.2, -0.15) is 4.90 Å². The summed E-state index contributed by atoms with van der Waals surface area (Å²) in [5.74, 6) is -3.70. The summed E-state index contributed by atoms with van der Waals surface area (Å²) in [5, 5.41) is 2.72. The van der Waals surface area contributed by atoms with E-state index in [1.165, 1.54) is 19.9 Å². The van der Waals surface area contributed by atoms with Gasteiger partial charge in [0.25, 0.3) is 0 Å². The number of methoxy groups -OCH3 is 2. The Labute approximate surface area is 173 Å². The molecular weight excluding hydrogens is 434 g/mol. The Morgan fingerprint density at radius 1 is 0.871 bits per heavy atom. The van der Waals surface area contributed by atoms with E-state index in [-0.39, 0.29) is 22.5 Å². The quantitative estimate of drug-likeness (QED) is 0.421. The van der Waals surface area contributed by atoms with Crippen molar-refractivity contribution in [3.8, 4) is 0 Å². The van der Waals surface area contributed by atoms with Gasteiger partial charge >= 0.3 is 24.5 Å². The number of carbonyl (C=O) groups excluding carboxylic acids is 2. The molecular formula is C19H18F6N2O4.